The van der Waals surface area contributed by atoms with Gasteiger partial charge >= 0.3 is 0 Å². The number of hydrogen-bond donors (Lipinski definition) is 0. The van der Waals surface area contributed by atoms with Gasteiger partial charge in [0.1, 0.15) is 0 Å². The van der Waals surface area contributed by atoms with E-state index in [1.54, 1.807) is 39.7 Å². The molecule has 2 aromatic heterocycles. The van der Waals surface area contributed by atoms with Crippen LogP contribution in [0.3, 0.4) is 0 Å². The molecule has 8 heteroatoms. The van der Waals surface area contributed by atoms with E-state index in [1.807, 2.05) is 6.92 Å². The summed E-state index contributed by atoms with van der Waals surface area (Å²) < 4.78 is 6.90. The largest absolute Gasteiger partial charge is 0.383 e. The Kier molecular flexibility index (Phi) is 5.02. The number of rotatable bonds is 8. The molecule has 1 amide bonds. The highest BCUT2D eigenvalue weighted by atomic mass is 32.1. The summed E-state index contributed by atoms with van der Waals surface area (Å²) in [5, 5.41) is 8.12. The van der Waals surface area contributed by atoms with Crippen molar-refractivity contribution in [3.63, 3.8) is 0 Å². The summed E-state index contributed by atoms with van der Waals surface area (Å²) in [6.45, 7) is 4.33. The molecule has 23 heavy (non-hydrogen) atoms. The normalized spacial score (nSPS) is 14.2. The molecule has 0 spiro atoms. The van der Waals surface area contributed by atoms with Crippen LogP contribution >= 0.6 is 11.3 Å². The van der Waals surface area contributed by atoms with E-state index in [-0.39, 0.29) is 5.91 Å². The molecule has 0 aliphatic heterocycles. The van der Waals surface area contributed by atoms with E-state index in [1.165, 1.54) is 12.8 Å². The Morgan fingerprint density at radius 1 is 1.52 bits per heavy atom. The maximum Gasteiger partial charge on any atom is 0.276 e. The average molecular weight is 335 g/mol. The molecule has 0 N–H and O–H groups in total. The van der Waals surface area contributed by atoms with Crippen molar-refractivity contribution >= 4 is 17.2 Å². The van der Waals surface area contributed by atoms with Gasteiger partial charge in [-0.25, -0.2) is 4.98 Å². The Morgan fingerprint density at radius 2 is 2.35 bits per heavy atom. The lowest BCUT2D eigenvalue weighted by Crippen LogP contribution is -2.33. The molecule has 124 valence electrons. The zero-order chi connectivity index (χ0) is 16.2. The maximum absolute atomic E-state index is 12.7. The summed E-state index contributed by atoms with van der Waals surface area (Å²) in [6.07, 6.45) is 4.24. The molecule has 1 fully saturated rings. The van der Waals surface area contributed by atoms with Crippen LogP contribution in [0.1, 0.15) is 33.9 Å². The first-order chi connectivity index (χ1) is 11.2. The third kappa shape index (κ3) is 4.14. The molecule has 0 bridgehead atoms. The predicted molar refractivity (Wildman–Crippen MR) is 86.2 cm³/mol. The zero-order valence-electron chi connectivity index (χ0n) is 13.4. The lowest BCUT2D eigenvalue weighted by molar-refractivity contribution is 0.0676. The van der Waals surface area contributed by atoms with Crippen LogP contribution in [0.15, 0.2) is 11.7 Å². The predicted octanol–water partition coefficient (Wildman–Crippen LogP) is 1.74. The van der Waals surface area contributed by atoms with Crippen molar-refractivity contribution in [2.45, 2.75) is 32.9 Å². The van der Waals surface area contributed by atoms with Gasteiger partial charge in [-0.05, 0) is 25.7 Å². The molecule has 0 radical (unpaired) electrons. The second kappa shape index (κ2) is 7.18. The summed E-state index contributed by atoms with van der Waals surface area (Å²) >= 11 is 1.56. The molecule has 2 heterocycles. The van der Waals surface area contributed by atoms with Crippen molar-refractivity contribution in [1.29, 1.82) is 0 Å². The van der Waals surface area contributed by atoms with E-state index in [2.05, 4.69) is 15.3 Å². The Bertz CT molecular complexity index is 664. The third-order valence-electron chi connectivity index (χ3n) is 3.93. The first kappa shape index (κ1) is 16.1. The zero-order valence-corrected chi connectivity index (χ0v) is 14.3. The number of methoxy groups -OCH3 is 1. The topological polar surface area (TPSA) is 73.1 Å². The molecule has 0 atom stereocenters. The van der Waals surface area contributed by atoms with E-state index >= 15 is 0 Å². The highest BCUT2D eigenvalue weighted by Gasteiger charge is 2.24. The first-order valence-corrected chi connectivity index (χ1v) is 8.62. The Labute approximate surface area is 139 Å². The Morgan fingerprint density at radius 3 is 3.00 bits per heavy atom. The number of thiazole rings is 1. The monoisotopic (exact) mass is 335 g/mol. The molecule has 0 aromatic carbocycles. The fourth-order valence-electron chi connectivity index (χ4n) is 2.32. The maximum atomic E-state index is 12.7. The SMILES string of the molecule is COCCN(Cc1scnc1C)C(=O)c1cn(CC2CC2)nn1. The second-order valence-electron chi connectivity index (χ2n) is 5.85. The Hall–Kier alpha value is -1.80. The van der Waals surface area contributed by atoms with E-state index in [0.717, 1.165) is 17.1 Å². The molecule has 1 aliphatic carbocycles. The van der Waals surface area contributed by atoms with Crippen LogP contribution in [0.4, 0.5) is 0 Å². The van der Waals surface area contributed by atoms with E-state index in [4.69, 9.17) is 4.74 Å². The number of amides is 1. The summed E-state index contributed by atoms with van der Waals surface area (Å²) in [5.41, 5.74) is 3.15. The minimum absolute atomic E-state index is 0.114. The number of ether oxygens (including phenoxy) is 1. The van der Waals surface area contributed by atoms with Crippen molar-refractivity contribution in [3.8, 4) is 0 Å². The van der Waals surface area contributed by atoms with E-state index < -0.39 is 0 Å². The van der Waals surface area contributed by atoms with Gasteiger partial charge in [0.25, 0.3) is 5.91 Å². The lowest BCUT2D eigenvalue weighted by atomic mass is 10.3. The number of carbonyl (C=O) groups excluding carboxylic acids is 1. The summed E-state index contributed by atoms with van der Waals surface area (Å²) in [6, 6.07) is 0. The van der Waals surface area contributed by atoms with Gasteiger partial charge in [-0.3, -0.25) is 9.48 Å². The van der Waals surface area contributed by atoms with Crippen molar-refractivity contribution in [3.05, 3.63) is 28.0 Å². The van der Waals surface area contributed by atoms with Gasteiger partial charge in [-0.2, -0.15) is 0 Å². The number of aryl methyl sites for hydroxylation is 1. The molecule has 0 unspecified atom stereocenters. The van der Waals surface area contributed by atoms with Gasteiger partial charge in [-0.1, -0.05) is 5.21 Å². The standard InChI is InChI=1S/C15H21N5O2S/c1-11-14(23-10-16-11)9-19(5-6-22-2)15(21)13-8-20(18-17-13)7-12-3-4-12/h8,10,12H,3-7,9H2,1-2H3. The smallest absolute Gasteiger partial charge is 0.276 e. The van der Waals surface area contributed by atoms with Gasteiger partial charge in [0.2, 0.25) is 0 Å². The molecule has 2 aromatic rings. The van der Waals surface area contributed by atoms with E-state index in [9.17, 15) is 4.79 Å². The van der Waals surface area contributed by atoms with Crippen molar-refractivity contribution < 1.29 is 9.53 Å². The summed E-state index contributed by atoms with van der Waals surface area (Å²) in [5.74, 6) is 0.584. The van der Waals surface area contributed by atoms with Gasteiger partial charge in [0, 0.05) is 25.1 Å². The van der Waals surface area contributed by atoms with Crippen LogP contribution < -0.4 is 0 Å². The van der Waals surface area contributed by atoms with Gasteiger partial charge in [-0.15, -0.1) is 16.4 Å². The quantitative estimate of drug-likeness (QED) is 0.735. The molecular formula is C15H21N5O2S. The minimum Gasteiger partial charge on any atom is -0.383 e. The summed E-state index contributed by atoms with van der Waals surface area (Å²) in [4.78, 5) is 19.8. The van der Waals surface area contributed by atoms with Gasteiger partial charge < -0.3 is 9.64 Å². The molecule has 3 rings (SSSR count). The average Bonchev–Trinajstić information content (AvgIpc) is 3.07. The lowest BCUT2D eigenvalue weighted by Gasteiger charge is -2.20. The number of hydrogen-bond acceptors (Lipinski definition) is 6. The van der Waals surface area contributed by atoms with Crippen LogP contribution in [0.2, 0.25) is 0 Å². The molecule has 1 saturated carbocycles. The fourth-order valence-corrected chi connectivity index (χ4v) is 3.11. The third-order valence-corrected chi connectivity index (χ3v) is 4.85. The molecule has 0 saturated heterocycles. The number of aromatic nitrogens is 4. The molecule has 7 nitrogen and oxygen atoms in total. The summed E-state index contributed by atoms with van der Waals surface area (Å²) in [7, 11) is 1.63. The van der Waals surface area contributed by atoms with Crippen molar-refractivity contribution in [2.75, 3.05) is 20.3 Å². The van der Waals surface area contributed by atoms with E-state index in [0.29, 0.717) is 31.3 Å². The van der Waals surface area contributed by atoms with Crippen LogP contribution in [0.5, 0.6) is 0 Å². The van der Waals surface area contributed by atoms with Gasteiger partial charge in [0.05, 0.1) is 30.6 Å². The highest BCUT2D eigenvalue weighted by molar-refractivity contribution is 7.09. The first-order valence-electron chi connectivity index (χ1n) is 7.74. The number of nitrogens with zero attached hydrogens (tertiary/aromatic N) is 5. The van der Waals surface area contributed by atoms with Crippen LogP contribution in [0, 0.1) is 12.8 Å². The minimum atomic E-state index is -0.114. The van der Waals surface area contributed by atoms with Crippen LogP contribution in [0.25, 0.3) is 0 Å². The number of carbonyl (C=O) groups is 1. The Balaban J connectivity index is 1.70. The van der Waals surface area contributed by atoms with Crippen LogP contribution in [-0.2, 0) is 17.8 Å². The van der Waals surface area contributed by atoms with Gasteiger partial charge in [0.15, 0.2) is 5.69 Å². The highest BCUT2D eigenvalue weighted by Crippen LogP contribution is 2.30. The van der Waals surface area contributed by atoms with Crippen LogP contribution in [-0.4, -0.2) is 51.0 Å². The molecular weight excluding hydrogens is 314 g/mol. The molecule has 1 aliphatic rings. The fraction of sp³-hybridized carbons (Fsp3) is 0.600. The second-order valence-corrected chi connectivity index (χ2v) is 6.79. The van der Waals surface area contributed by atoms with Crippen molar-refractivity contribution in [2.24, 2.45) is 5.92 Å². The van der Waals surface area contributed by atoms with Crippen molar-refractivity contribution in [1.82, 2.24) is 24.9 Å².